The lowest BCUT2D eigenvalue weighted by Crippen LogP contribution is -2.22. The number of aromatic nitrogens is 4. The van der Waals surface area contributed by atoms with Crippen molar-refractivity contribution in [1.82, 2.24) is 25.5 Å². The van der Waals surface area contributed by atoms with E-state index in [0.29, 0.717) is 0 Å². The van der Waals surface area contributed by atoms with Gasteiger partial charge in [0.2, 0.25) is 0 Å². The summed E-state index contributed by atoms with van der Waals surface area (Å²) in [4.78, 5) is 9.93. The molecule has 0 aliphatic carbocycles. The molecule has 2 heterocycles. The highest BCUT2D eigenvalue weighted by Gasteiger charge is 2.12. The van der Waals surface area contributed by atoms with Crippen molar-refractivity contribution in [2.24, 2.45) is 0 Å². The van der Waals surface area contributed by atoms with Crippen LogP contribution >= 0.6 is 11.3 Å². The smallest absolute Gasteiger partial charge is 0.137 e. The lowest BCUT2D eigenvalue weighted by molar-refractivity contribution is 0.558. The van der Waals surface area contributed by atoms with E-state index in [0.717, 1.165) is 29.5 Å². The third-order valence-corrected chi connectivity index (χ3v) is 3.53. The number of H-pyrrole nitrogens is 1. The Balaban J connectivity index is 1.85. The molecule has 5 nitrogen and oxygen atoms in total. The van der Waals surface area contributed by atoms with Crippen LogP contribution in [0.2, 0.25) is 0 Å². The van der Waals surface area contributed by atoms with Crippen LogP contribution < -0.4 is 5.32 Å². The molecule has 92 valence electrons. The fourth-order valence-corrected chi connectivity index (χ4v) is 2.72. The Bertz CT molecular complexity index is 462. The molecule has 0 bridgehead atoms. The van der Waals surface area contributed by atoms with Crippen molar-refractivity contribution in [2.45, 2.75) is 33.2 Å². The molecular formula is C11H17N5S. The van der Waals surface area contributed by atoms with E-state index in [-0.39, 0.29) is 6.04 Å². The molecule has 0 radical (unpaired) electrons. The average molecular weight is 251 g/mol. The lowest BCUT2D eigenvalue weighted by atomic mass is 10.2. The molecule has 0 aliphatic rings. The summed E-state index contributed by atoms with van der Waals surface area (Å²) in [7, 11) is 0. The van der Waals surface area contributed by atoms with Gasteiger partial charge in [0.05, 0.1) is 10.7 Å². The second-order valence-electron chi connectivity index (χ2n) is 4.03. The van der Waals surface area contributed by atoms with Gasteiger partial charge in [0.15, 0.2) is 0 Å². The summed E-state index contributed by atoms with van der Waals surface area (Å²) in [6.07, 6.45) is 2.39. The molecule has 0 saturated carbocycles. The molecule has 2 N–H and O–H groups in total. The highest BCUT2D eigenvalue weighted by Crippen LogP contribution is 2.22. The summed E-state index contributed by atoms with van der Waals surface area (Å²) in [5.41, 5.74) is 1.16. The zero-order chi connectivity index (χ0) is 12.3. The Kier molecular flexibility index (Phi) is 3.86. The third kappa shape index (κ3) is 3.10. The number of aryl methyl sites for hydroxylation is 2. The molecule has 0 amide bonds. The van der Waals surface area contributed by atoms with Crippen molar-refractivity contribution in [2.75, 3.05) is 6.54 Å². The highest BCUT2D eigenvalue weighted by molar-refractivity contribution is 7.11. The predicted octanol–water partition coefficient (Wildman–Crippen LogP) is 1.77. The first-order valence-electron chi connectivity index (χ1n) is 5.68. The van der Waals surface area contributed by atoms with Crippen LogP contribution in [-0.4, -0.2) is 26.7 Å². The number of hydrogen-bond acceptors (Lipinski definition) is 5. The van der Waals surface area contributed by atoms with Crippen molar-refractivity contribution in [3.05, 3.63) is 27.7 Å². The van der Waals surface area contributed by atoms with Crippen LogP contribution in [0, 0.1) is 13.8 Å². The third-order valence-electron chi connectivity index (χ3n) is 2.63. The van der Waals surface area contributed by atoms with Crippen LogP contribution in [0.3, 0.4) is 0 Å². The molecule has 17 heavy (non-hydrogen) atoms. The van der Waals surface area contributed by atoms with Crippen LogP contribution in [0.4, 0.5) is 0 Å². The van der Waals surface area contributed by atoms with Gasteiger partial charge in [0.25, 0.3) is 0 Å². The van der Waals surface area contributed by atoms with Gasteiger partial charge in [-0.15, -0.1) is 11.3 Å². The van der Waals surface area contributed by atoms with Crippen LogP contribution in [0.5, 0.6) is 0 Å². The summed E-state index contributed by atoms with van der Waals surface area (Å²) in [6, 6.07) is 0.280. The Morgan fingerprint density at radius 2 is 2.29 bits per heavy atom. The van der Waals surface area contributed by atoms with Gasteiger partial charge in [-0.3, -0.25) is 5.10 Å². The monoisotopic (exact) mass is 251 g/mol. The second kappa shape index (κ2) is 5.37. The summed E-state index contributed by atoms with van der Waals surface area (Å²) in [5.74, 6) is 0.913. The number of nitrogens with one attached hydrogen (secondary N) is 2. The number of aromatic amines is 1. The van der Waals surface area contributed by atoms with E-state index in [1.165, 1.54) is 11.2 Å². The van der Waals surface area contributed by atoms with Gasteiger partial charge in [-0.1, -0.05) is 0 Å². The molecular weight excluding hydrogens is 234 g/mol. The summed E-state index contributed by atoms with van der Waals surface area (Å²) < 4.78 is 0. The van der Waals surface area contributed by atoms with E-state index in [2.05, 4.69) is 39.3 Å². The van der Waals surface area contributed by atoms with Gasteiger partial charge < -0.3 is 5.32 Å². The fourth-order valence-electron chi connectivity index (χ4n) is 1.80. The Labute approximate surface area is 105 Å². The quantitative estimate of drug-likeness (QED) is 0.850. The van der Waals surface area contributed by atoms with Crippen LogP contribution in [0.1, 0.15) is 34.4 Å². The van der Waals surface area contributed by atoms with E-state index in [4.69, 9.17) is 0 Å². The first-order valence-corrected chi connectivity index (χ1v) is 6.50. The first kappa shape index (κ1) is 12.2. The molecule has 0 fully saturated rings. The van der Waals surface area contributed by atoms with Crippen LogP contribution in [0.25, 0.3) is 0 Å². The lowest BCUT2D eigenvalue weighted by Gasteiger charge is -2.11. The van der Waals surface area contributed by atoms with Crippen molar-refractivity contribution in [1.29, 1.82) is 0 Å². The van der Waals surface area contributed by atoms with Crippen LogP contribution in [0.15, 0.2) is 6.33 Å². The molecule has 0 saturated heterocycles. The van der Waals surface area contributed by atoms with Crippen LogP contribution in [-0.2, 0) is 6.42 Å². The van der Waals surface area contributed by atoms with Crippen molar-refractivity contribution in [3.63, 3.8) is 0 Å². The van der Waals surface area contributed by atoms with E-state index in [1.807, 2.05) is 6.92 Å². The molecule has 2 rings (SSSR count). The molecule has 1 unspecified atom stereocenters. The highest BCUT2D eigenvalue weighted by atomic mass is 32.1. The van der Waals surface area contributed by atoms with Gasteiger partial charge in [-0.05, 0) is 20.8 Å². The van der Waals surface area contributed by atoms with Gasteiger partial charge in [-0.25, -0.2) is 9.97 Å². The van der Waals surface area contributed by atoms with E-state index < -0.39 is 0 Å². The summed E-state index contributed by atoms with van der Waals surface area (Å²) in [5, 5.41) is 11.2. The molecule has 6 heteroatoms. The van der Waals surface area contributed by atoms with Crippen molar-refractivity contribution in [3.8, 4) is 0 Å². The minimum Gasteiger partial charge on any atom is -0.308 e. The maximum absolute atomic E-state index is 4.55. The maximum Gasteiger partial charge on any atom is 0.137 e. The molecule has 1 atom stereocenters. The van der Waals surface area contributed by atoms with Gasteiger partial charge in [0.1, 0.15) is 12.2 Å². The first-order chi connectivity index (χ1) is 8.16. The number of rotatable bonds is 5. The molecule has 2 aromatic heterocycles. The zero-order valence-electron chi connectivity index (χ0n) is 10.3. The van der Waals surface area contributed by atoms with Gasteiger partial charge in [0, 0.05) is 23.9 Å². The Morgan fingerprint density at radius 1 is 1.47 bits per heavy atom. The van der Waals surface area contributed by atoms with Gasteiger partial charge >= 0.3 is 0 Å². The predicted molar refractivity (Wildman–Crippen MR) is 68.1 cm³/mol. The minimum absolute atomic E-state index is 0.280. The van der Waals surface area contributed by atoms with E-state index in [1.54, 1.807) is 11.3 Å². The van der Waals surface area contributed by atoms with E-state index in [9.17, 15) is 0 Å². The Hall–Kier alpha value is -1.27. The van der Waals surface area contributed by atoms with Gasteiger partial charge in [-0.2, -0.15) is 5.10 Å². The van der Waals surface area contributed by atoms with Crippen molar-refractivity contribution < 1.29 is 0 Å². The SMILES string of the molecule is Cc1nc(C(C)NCCc2ncn[nH]2)c(C)s1. The zero-order valence-corrected chi connectivity index (χ0v) is 11.1. The number of hydrogen-bond donors (Lipinski definition) is 2. The van der Waals surface area contributed by atoms with E-state index >= 15 is 0 Å². The number of nitrogens with zero attached hydrogens (tertiary/aromatic N) is 3. The summed E-state index contributed by atoms with van der Waals surface area (Å²) in [6.45, 7) is 7.17. The minimum atomic E-state index is 0.280. The normalized spacial score (nSPS) is 12.9. The average Bonchev–Trinajstić information content (AvgIpc) is 2.88. The van der Waals surface area contributed by atoms with Crippen molar-refractivity contribution >= 4 is 11.3 Å². The Morgan fingerprint density at radius 3 is 2.88 bits per heavy atom. The second-order valence-corrected chi connectivity index (χ2v) is 5.44. The topological polar surface area (TPSA) is 66.5 Å². The number of thiazole rings is 1. The largest absolute Gasteiger partial charge is 0.308 e. The fraction of sp³-hybridized carbons (Fsp3) is 0.545. The molecule has 0 aliphatic heterocycles. The standard InChI is InChI=1S/C11H17N5S/c1-7(11-8(2)17-9(3)15-11)12-5-4-10-13-6-14-16-10/h6-7,12H,4-5H2,1-3H3,(H,13,14,16). The molecule has 0 aromatic carbocycles. The molecule has 0 spiro atoms. The summed E-state index contributed by atoms with van der Waals surface area (Å²) >= 11 is 1.75. The maximum atomic E-state index is 4.55. The molecule has 2 aromatic rings.